The van der Waals surface area contributed by atoms with E-state index in [1.165, 1.54) is 18.4 Å². The summed E-state index contributed by atoms with van der Waals surface area (Å²) in [6.45, 7) is 5.07. The molecule has 0 saturated heterocycles. The van der Waals surface area contributed by atoms with Gasteiger partial charge in [0.05, 0.1) is 9.79 Å². The van der Waals surface area contributed by atoms with Crippen LogP contribution in [0.25, 0.3) is 0 Å². The number of halogens is 2. The zero-order valence-electron chi connectivity index (χ0n) is 16.3. The molecule has 160 valence electrons. The molecule has 2 aromatic rings. The van der Waals surface area contributed by atoms with Crippen molar-refractivity contribution in [1.82, 2.24) is 0 Å². The van der Waals surface area contributed by atoms with Crippen molar-refractivity contribution in [1.29, 1.82) is 0 Å². The number of carbonyl (C=O) groups is 1. The molecule has 0 aromatic heterocycles. The number of benzene rings is 2. The van der Waals surface area contributed by atoms with Gasteiger partial charge in [0.25, 0.3) is 0 Å². The highest BCUT2D eigenvalue weighted by atomic mass is 79.9. The van der Waals surface area contributed by atoms with Crippen LogP contribution in [0.1, 0.15) is 20.8 Å². The summed E-state index contributed by atoms with van der Waals surface area (Å²) in [5, 5.41) is 0. The van der Waals surface area contributed by atoms with Gasteiger partial charge in [-0.05, 0) is 69.3 Å². The number of rotatable bonds is 4. The van der Waals surface area contributed by atoms with Gasteiger partial charge in [0.15, 0.2) is 25.4 Å². The minimum atomic E-state index is -3.64. The third-order valence-electron chi connectivity index (χ3n) is 3.14. The average Bonchev–Trinajstić information content (AvgIpc) is 2.53. The molecule has 0 saturated carbocycles. The minimum absolute atomic E-state index is 0.108. The van der Waals surface area contributed by atoms with Gasteiger partial charge in [-0.2, -0.15) is 0 Å². The Morgan fingerprint density at radius 2 is 1.21 bits per heavy atom. The van der Waals surface area contributed by atoms with E-state index >= 15 is 0 Å². The lowest BCUT2D eigenvalue weighted by molar-refractivity contribution is -0.151. The SMILES string of the molecule is CC(C)(C)OC(=O)CS(=O)(=O)c1ccc(Br)cc1.CS(=O)(=O)c1ccc(Br)cc1. The molecule has 0 radical (unpaired) electrons. The maximum Gasteiger partial charge on any atom is 0.322 e. The molecule has 29 heavy (non-hydrogen) atoms. The summed E-state index contributed by atoms with van der Waals surface area (Å²) in [5.41, 5.74) is -0.688. The van der Waals surface area contributed by atoms with Crippen molar-refractivity contribution in [3.8, 4) is 0 Å². The third-order valence-corrected chi connectivity index (χ3v) is 6.93. The van der Waals surface area contributed by atoms with Crippen molar-refractivity contribution in [2.75, 3.05) is 12.0 Å². The Labute approximate surface area is 188 Å². The fraction of sp³-hybridized carbons (Fsp3) is 0.316. The zero-order valence-corrected chi connectivity index (χ0v) is 21.2. The Morgan fingerprint density at radius 1 is 0.828 bits per heavy atom. The average molecular weight is 570 g/mol. The standard InChI is InChI=1S/C12H15BrO4S.C7H7BrO2S/c1-12(2,3)17-11(14)8-18(15,16)10-6-4-9(13)5-7-10;1-11(9,10)7-4-2-6(8)3-5-7/h4-7H,8H2,1-3H3;2-5H,1H3. The van der Waals surface area contributed by atoms with Crippen molar-refractivity contribution in [3.05, 3.63) is 57.5 Å². The molecule has 0 amide bonds. The van der Waals surface area contributed by atoms with Crippen LogP contribution < -0.4 is 0 Å². The van der Waals surface area contributed by atoms with E-state index in [0.717, 1.165) is 8.95 Å². The van der Waals surface area contributed by atoms with E-state index in [1.807, 2.05) is 0 Å². The molecular weight excluding hydrogens is 548 g/mol. The van der Waals surface area contributed by atoms with Crippen molar-refractivity contribution >= 4 is 57.5 Å². The van der Waals surface area contributed by atoms with E-state index in [2.05, 4.69) is 31.9 Å². The first-order valence-corrected chi connectivity index (χ1v) is 13.4. The summed E-state index contributed by atoms with van der Waals surface area (Å²) in [4.78, 5) is 12.0. The fourth-order valence-electron chi connectivity index (χ4n) is 1.93. The van der Waals surface area contributed by atoms with Crippen LogP contribution in [-0.4, -0.2) is 40.4 Å². The summed E-state index contributed by atoms with van der Waals surface area (Å²) in [5.74, 6) is -1.39. The largest absolute Gasteiger partial charge is 0.459 e. The highest BCUT2D eigenvalue weighted by Gasteiger charge is 2.24. The van der Waals surface area contributed by atoms with Gasteiger partial charge in [0.1, 0.15) is 5.60 Å². The summed E-state index contributed by atoms with van der Waals surface area (Å²) in [7, 11) is -6.68. The second kappa shape index (κ2) is 10.2. The number of sulfone groups is 2. The highest BCUT2D eigenvalue weighted by molar-refractivity contribution is 9.10. The van der Waals surface area contributed by atoms with E-state index in [9.17, 15) is 21.6 Å². The van der Waals surface area contributed by atoms with Crippen LogP contribution in [0.15, 0.2) is 67.3 Å². The molecule has 0 N–H and O–H groups in total. The van der Waals surface area contributed by atoms with Crippen molar-refractivity contribution in [3.63, 3.8) is 0 Å². The van der Waals surface area contributed by atoms with Gasteiger partial charge in [-0.1, -0.05) is 31.9 Å². The third kappa shape index (κ3) is 9.88. The molecule has 0 spiro atoms. The first kappa shape index (κ1) is 25.8. The maximum atomic E-state index is 11.9. The molecule has 0 heterocycles. The van der Waals surface area contributed by atoms with Crippen LogP contribution in [-0.2, 0) is 29.2 Å². The molecule has 0 aliphatic carbocycles. The van der Waals surface area contributed by atoms with Gasteiger partial charge in [-0.3, -0.25) is 4.79 Å². The second-order valence-electron chi connectivity index (χ2n) is 7.03. The van der Waals surface area contributed by atoms with Gasteiger partial charge in [0, 0.05) is 15.2 Å². The normalized spacial score (nSPS) is 11.9. The number of carbonyl (C=O) groups excluding carboxylic acids is 1. The Hall–Kier alpha value is -1.23. The molecule has 6 nitrogen and oxygen atoms in total. The molecule has 0 unspecified atom stereocenters. The van der Waals surface area contributed by atoms with Crippen LogP contribution in [0.2, 0.25) is 0 Å². The number of ether oxygens (including phenoxy) is 1. The second-order valence-corrected chi connectivity index (χ2v) is 12.9. The van der Waals surface area contributed by atoms with Crippen LogP contribution in [0, 0.1) is 0 Å². The fourth-order valence-corrected chi connectivity index (χ4v) is 4.18. The molecular formula is C19H22Br2O6S2. The Kier molecular flexibility index (Phi) is 9.07. The lowest BCUT2D eigenvalue weighted by Gasteiger charge is -2.19. The van der Waals surface area contributed by atoms with E-state index < -0.39 is 37.0 Å². The molecule has 0 bridgehead atoms. The summed E-state index contributed by atoms with van der Waals surface area (Å²) in [6.07, 6.45) is 1.19. The molecule has 0 aliphatic heterocycles. The molecule has 0 fully saturated rings. The number of hydrogen-bond acceptors (Lipinski definition) is 6. The first-order valence-electron chi connectivity index (χ1n) is 8.26. The van der Waals surface area contributed by atoms with E-state index in [4.69, 9.17) is 4.74 Å². The smallest absolute Gasteiger partial charge is 0.322 e. The van der Waals surface area contributed by atoms with Gasteiger partial charge in [-0.25, -0.2) is 16.8 Å². The zero-order chi connectivity index (χ0) is 22.5. The van der Waals surface area contributed by atoms with E-state index in [1.54, 1.807) is 57.2 Å². The lowest BCUT2D eigenvalue weighted by atomic mass is 10.2. The topological polar surface area (TPSA) is 94.6 Å². The van der Waals surface area contributed by atoms with Gasteiger partial charge in [-0.15, -0.1) is 0 Å². The maximum absolute atomic E-state index is 11.9. The predicted molar refractivity (Wildman–Crippen MR) is 119 cm³/mol. The lowest BCUT2D eigenvalue weighted by Crippen LogP contribution is -2.28. The monoisotopic (exact) mass is 568 g/mol. The van der Waals surface area contributed by atoms with Crippen LogP contribution in [0.4, 0.5) is 0 Å². The Morgan fingerprint density at radius 3 is 1.55 bits per heavy atom. The quantitative estimate of drug-likeness (QED) is 0.506. The number of esters is 1. The van der Waals surface area contributed by atoms with Gasteiger partial charge < -0.3 is 4.74 Å². The molecule has 10 heteroatoms. The van der Waals surface area contributed by atoms with Crippen molar-refractivity contribution in [2.24, 2.45) is 0 Å². The van der Waals surface area contributed by atoms with E-state index in [0.29, 0.717) is 4.90 Å². The van der Waals surface area contributed by atoms with Crippen molar-refractivity contribution < 1.29 is 26.4 Å². The summed E-state index contributed by atoms with van der Waals surface area (Å²) < 4.78 is 52.4. The van der Waals surface area contributed by atoms with Crippen LogP contribution in [0.5, 0.6) is 0 Å². The highest BCUT2D eigenvalue weighted by Crippen LogP contribution is 2.17. The molecule has 2 aromatic carbocycles. The minimum Gasteiger partial charge on any atom is -0.459 e. The Balaban J connectivity index is 0.000000326. The predicted octanol–water partition coefficient (Wildman–Crippen LogP) is 4.42. The Bertz CT molecular complexity index is 1040. The van der Waals surface area contributed by atoms with Gasteiger partial charge in [0.2, 0.25) is 0 Å². The summed E-state index contributed by atoms with van der Waals surface area (Å²) in [6, 6.07) is 12.7. The first-order chi connectivity index (χ1) is 13.1. The molecule has 2 rings (SSSR count). The molecule has 0 atom stereocenters. The van der Waals surface area contributed by atoms with Crippen LogP contribution in [0.3, 0.4) is 0 Å². The van der Waals surface area contributed by atoms with Gasteiger partial charge >= 0.3 is 5.97 Å². The summed E-state index contributed by atoms with van der Waals surface area (Å²) >= 11 is 6.43. The number of hydrogen-bond donors (Lipinski definition) is 0. The van der Waals surface area contributed by atoms with Crippen molar-refractivity contribution in [2.45, 2.75) is 36.2 Å². The van der Waals surface area contributed by atoms with Crippen LogP contribution >= 0.6 is 31.9 Å². The van der Waals surface area contributed by atoms with E-state index in [-0.39, 0.29) is 4.90 Å². The molecule has 0 aliphatic rings.